The number of benzene rings is 2. The fourth-order valence-electron chi connectivity index (χ4n) is 3.85. The van der Waals surface area contributed by atoms with Crippen molar-refractivity contribution in [2.45, 2.75) is 32.2 Å². The standard InChI is InChI=1S/C22H27NO2/c1-17-15-23(16-18-8-5-4-6-9-18)13-12-22(17,2)20-11-7-10-19(14-20)21(24)25-3/h4-11,14,17H,12-13,15-16H2,1-3H3/t17-,22-/m0/s1. The van der Waals surface area contributed by atoms with E-state index in [1.807, 2.05) is 18.2 Å². The third-order valence-corrected chi connectivity index (χ3v) is 5.76. The molecule has 0 aromatic heterocycles. The first-order chi connectivity index (χ1) is 12.0. The van der Waals surface area contributed by atoms with Crippen LogP contribution in [0.4, 0.5) is 0 Å². The van der Waals surface area contributed by atoms with E-state index in [9.17, 15) is 4.79 Å². The molecule has 1 aliphatic rings. The average Bonchev–Trinajstić information content (AvgIpc) is 2.65. The van der Waals surface area contributed by atoms with Gasteiger partial charge >= 0.3 is 5.97 Å². The Balaban J connectivity index is 1.74. The number of piperidine rings is 1. The molecule has 0 unspecified atom stereocenters. The molecule has 2 aromatic rings. The maximum Gasteiger partial charge on any atom is 0.337 e. The Morgan fingerprint density at radius 3 is 2.64 bits per heavy atom. The predicted octanol–water partition coefficient (Wildman–Crippen LogP) is 4.27. The summed E-state index contributed by atoms with van der Waals surface area (Å²) in [5, 5.41) is 0. The average molecular weight is 337 g/mol. The normalized spacial score (nSPS) is 24.0. The summed E-state index contributed by atoms with van der Waals surface area (Å²) in [6.45, 7) is 7.78. The minimum atomic E-state index is -0.264. The number of hydrogen-bond acceptors (Lipinski definition) is 3. The minimum Gasteiger partial charge on any atom is -0.465 e. The van der Waals surface area contributed by atoms with Crippen LogP contribution in [0.5, 0.6) is 0 Å². The van der Waals surface area contributed by atoms with Crippen LogP contribution in [0.1, 0.15) is 41.8 Å². The van der Waals surface area contributed by atoms with Gasteiger partial charge in [0, 0.05) is 13.1 Å². The van der Waals surface area contributed by atoms with Crippen LogP contribution in [-0.4, -0.2) is 31.1 Å². The Kier molecular flexibility index (Phi) is 5.24. The predicted molar refractivity (Wildman–Crippen MR) is 101 cm³/mol. The second-order valence-electron chi connectivity index (χ2n) is 7.36. The Morgan fingerprint density at radius 2 is 1.96 bits per heavy atom. The highest BCUT2D eigenvalue weighted by Crippen LogP contribution is 2.40. The molecule has 0 spiro atoms. The molecule has 3 heteroatoms. The second-order valence-corrected chi connectivity index (χ2v) is 7.36. The Hall–Kier alpha value is -2.13. The lowest BCUT2D eigenvalue weighted by Gasteiger charge is -2.45. The van der Waals surface area contributed by atoms with Crippen molar-refractivity contribution in [1.29, 1.82) is 0 Å². The Bertz CT molecular complexity index is 728. The van der Waals surface area contributed by atoms with Gasteiger partial charge in [-0.05, 0) is 47.6 Å². The zero-order valence-corrected chi connectivity index (χ0v) is 15.4. The van der Waals surface area contributed by atoms with Crippen LogP contribution in [0, 0.1) is 5.92 Å². The van der Waals surface area contributed by atoms with Crippen LogP contribution in [0.25, 0.3) is 0 Å². The molecule has 0 aliphatic carbocycles. The Morgan fingerprint density at radius 1 is 1.20 bits per heavy atom. The van der Waals surface area contributed by atoms with Crippen molar-refractivity contribution in [3.05, 3.63) is 71.3 Å². The molecule has 2 atom stereocenters. The van der Waals surface area contributed by atoms with Crippen molar-refractivity contribution in [1.82, 2.24) is 4.90 Å². The first-order valence-corrected chi connectivity index (χ1v) is 8.98. The lowest BCUT2D eigenvalue weighted by atomic mass is 9.68. The van der Waals surface area contributed by atoms with Gasteiger partial charge in [-0.1, -0.05) is 56.3 Å². The summed E-state index contributed by atoms with van der Waals surface area (Å²) >= 11 is 0. The topological polar surface area (TPSA) is 29.5 Å². The highest BCUT2D eigenvalue weighted by atomic mass is 16.5. The molecule has 2 aromatic carbocycles. The number of ether oxygens (including phenoxy) is 1. The highest BCUT2D eigenvalue weighted by molar-refractivity contribution is 5.89. The quantitative estimate of drug-likeness (QED) is 0.780. The summed E-state index contributed by atoms with van der Waals surface area (Å²) in [6.07, 6.45) is 1.09. The first-order valence-electron chi connectivity index (χ1n) is 8.98. The van der Waals surface area contributed by atoms with Gasteiger partial charge in [-0.25, -0.2) is 4.79 Å². The van der Waals surface area contributed by atoms with Crippen molar-refractivity contribution >= 4 is 5.97 Å². The molecule has 3 nitrogen and oxygen atoms in total. The van der Waals surface area contributed by atoms with Crippen LogP contribution in [0.3, 0.4) is 0 Å². The van der Waals surface area contributed by atoms with Gasteiger partial charge in [0.2, 0.25) is 0 Å². The van der Waals surface area contributed by atoms with Gasteiger partial charge in [-0.2, -0.15) is 0 Å². The van der Waals surface area contributed by atoms with Crippen LogP contribution in [0.15, 0.2) is 54.6 Å². The molecule has 1 fully saturated rings. The fraction of sp³-hybridized carbons (Fsp3) is 0.409. The summed E-state index contributed by atoms with van der Waals surface area (Å²) in [5.41, 5.74) is 3.32. The van der Waals surface area contributed by atoms with Gasteiger partial charge in [-0.3, -0.25) is 4.90 Å². The van der Waals surface area contributed by atoms with E-state index in [1.165, 1.54) is 18.2 Å². The van der Waals surface area contributed by atoms with Gasteiger partial charge in [0.1, 0.15) is 0 Å². The number of esters is 1. The Labute approximate surface area is 150 Å². The van der Waals surface area contributed by atoms with Crippen LogP contribution in [0.2, 0.25) is 0 Å². The third kappa shape index (κ3) is 3.77. The number of hydrogen-bond donors (Lipinski definition) is 0. The molecule has 1 heterocycles. The number of nitrogens with zero attached hydrogens (tertiary/aromatic N) is 1. The summed E-state index contributed by atoms with van der Waals surface area (Å²) in [4.78, 5) is 14.4. The third-order valence-electron chi connectivity index (χ3n) is 5.76. The molecule has 0 radical (unpaired) electrons. The lowest BCUT2D eigenvalue weighted by Crippen LogP contribution is -2.47. The number of rotatable bonds is 4. The molecule has 0 bridgehead atoms. The van der Waals surface area contributed by atoms with E-state index in [1.54, 1.807) is 0 Å². The van der Waals surface area contributed by atoms with E-state index in [2.05, 4.69) is 55.1 Å². The molecule has 1 saturated heterocycles. The fourth-order valence-corrected chi connectivity index (χ4v) is 3.85. The van der Waals surface area contributed by atoms with E-state index in [0.717, 1.165) is 26.1 Å². The zero-order valence-electron chi connectivity index (χ0n) is 15.4. The highest BCUT2D eigenvalue weighted by Gasteiger charge is 2.38. The van der Waals surface area contributed by atoms with Gasteiger partial charge < -0.3 is 4.74 Å². The monoisotopic (exact) mass is 337 g/mol. The van der Waals surface area contributed by atoms with E-state index < -0.39 is 0 Å². The van der Waals surface area contributed by atoms with Crippen LogP contribution < -0.4 is 0 Å². The molecule has 3 rings (SSSR count). The molecule has 0 N–H and O–H groups in total. The van der Waals surface area contributed by atoms with Gasteiger partial charge in [0.25, 0.3) is 0 Å². The minimum absolute atomic E-state index is 0.0806. The van der Waals surface area contributed by atoms with E-state index in [-0.39, 0.29) is 11.4 Å². The summed E-state index contributed by atoms with van der Waals surface area (Å²) in [5.74, 6) is 0.248. The molecule has 0 saturated carbocycles. The van der Waals surface area contributed by atoms with Crippen molar-refractivity contribution in [3.63, 3.8) is 0 Å². The van der Waals surface area contributed by atoms with Gasteiger partial charge in [0.15, 0.2) is 0 Å². The van der Waals surface area contributed by atoms with Crippen molar-refractivity contribution in [2.75, 3.05) is 20.2 Å². The number of methoxy groups -OCH3 is 1. The number of carbonyl (C=O) groups excluding carboxylic acids is 1. The summed E-state index contributed by atoms with van der Waals surface area (Å²) in [7, 11) is 1.43. The second kappa shape index (κ2) is 7.40. The van der Waals surface area contributed by atoms with Crippen LogP contribution in [-0.2, 0) is 16.7 Å². The van der Waals surface area contributed by atoms with Crippen molar-refractivity contribution in [2.24, 2.45) is 5.92 Å². The van der Waals surface area contributed by atoms with Crippen molar-refractivity contribution in [3.8, 4) is 0 Å². The van der Waals surface area contributed by atoms with Gasteiger partial charge in [0.05, 0.1) is 12.7 Å². The summed E-state index contributed by atoms with van der Waals surface area (Å²) in [6, 6.07) is 18.6. The van der Waals surface area contributed by atoms with Crippen molar-refractivity contribution < 1.29 is 9.53 Å². The smallest absolute Gasteiger partial charge is 0.337 e. The van der Waals surface area contributed by atoms with E-state index in [4.69, 9.17) is 4.74 Å². The van der Waals surface area contributed by atoms with E-state index in [0.29, 0.717) is 11.5 Å². The zero-order chi connectivity index (χ0) is 17.9. The number of carbonyl (C=O) groups is 1. The largest absolute Gasteiger partial charge is 0.465 e. The molecular formula is C22H27NO2. The molecule has 132 valence electrons. The molecule has 25 heavy (non-hydrogen) atoms. The van der Waals surface area contributed by atoms with Gasteiger partial charge in [-0.15, -0.1) is 0 Å². The summed E-state index contributed by atoms with van der Waals surface area (Å²) < 4.78 is 4.87. The number of likely N-dealkylation sites (tertiary alicyclic amines) is 1. The van der Waals surface area contributed by atoms with E-state index >= 15 is 0 Å². The molecular weight excluding hydrogens is 310 g/mol. The molecule has 1 aliphatic heterocycles. The van der Waals surface area contributed by atoms with Crippen LogP contribution >= 0.6 is 0 Å². The maximum atomic E-state index is 11.9. The molecule has 0 amide bonds. The first kappa shape index (κ1) is 17.7. The SMILES string of the molecule is COC(=O)c1cccc([C@@]2(C)CCN(Cc3ccccc3)C[C@@H]2C)c1. The maximum absolute atomic E-state index is 11.9. The lowest BCUT2D eigenvalue weighted by molar-refractivity contribution is 0.0600.